The number of nitrogens with zero attached hydrogens (tertiary/aromatic N) is 2. The largest absolute Gasteiger partial charge is 0.497 e. The molecular weight excluding hydrogens is 414 g/mol. The Bertz CT molecular complexity index is 1130. The van der Waals surface area contributed by atoms with Crippen molar-refractivity contribution < 1.29 is 23.1 Å². The van der Waals surface area contributed by atoms with E-state index in [1.807, 2.05) is 24.3 Å². The highest BCUT2D eigenvalue weighted by Crippen LogP contribution is 2.22. The predicted octanol–water partition coefficient (Wildman–Crippen LogP) is 4.81. The van der Waals surface area contributed by atoms with Gasteiger partial charge in [0.2, 0.25) is 0 Å². The Balaban J connectivity index is 1.50. The summed E-state index contributed by atoms with van der Waals surface area (Å²) in [4.78, 5) is 20.3. The Hall–Kier alpha value is -3.74. The molecule has 0 spiro atoms. The number of oxime groups is 1. The van der Waals surface area contributed by atoms with Gasteiger partial charge in [-0.15, -0.1) is 0 Å². The van der Waals surface area contributed by atoms with Gasteiger partial charge in [-0.25, -0.2) is 8.78 Å². The van der Waals surface area contributed by atoms with Crippen LogP contribution in [-0.4, -0.2) is 36.3 Å². The lowest BCUT2D eigenvalue weighted by atomic mass is 10.0. The van der Waals surface area contributed by atoms with Gasteiger partial charge in [-0.3, -0.25) is 4.79 Å². The van der Waals surface area contributed by atoms with Gasteiger partial charge in [0.15, 0.2) is 6.10 Å². The minimum Gasteiger partial charge on any atom is -0.497 e. The van der Waals surface area contributed by atoms with E-state index in [1.165, 1.54) is 35.2 Å². The number of amides is 1. The molecule has 0 saturated heterocycles. The van der Waals surface area contributed by atoms with Crippen LogP contribution in [0.2, 0.25) is 0 Å². The molecule has 0 aliphatic carbocycles. The van der Waals surface area contributed by atoms with Crippen LogP contribution in [-0.2, 0) is 11.4 Å². The summed E-state index contributed by atoms with van der Waals surface area (Å²) in [6.07, 6.45) is 0.126. The van der Waals surface area contributed by atoms with E-state index in [9.17, 15) is 13.6 Å². The number of carbonyl (C=O) groups is 1. The second-order valence-electron chi connectivity index (χ2n) is 7.52. The van der Waals surface area contributed by atoms with E-state index in [2.05, 4.69) is 5.16 Å². The number of hydrogen-bond donors (Lipinski definition) is 0. The summed E-state index contributed by atoms with van der Waals surface area (Å²) in [7, 11) is 1.60. The number of rotatable bonds is 7. The van der Waals surface area contributed by atoms with E-state index >= 15 is 0 Å². The first-order chi connectivity index (χ1) is 15.5. The van der Waals surface area contributed by atoms with Crippen molar-refractivity contribution in [2.24, 2.45) is 5.16 Å². The molecule has 3 aromatic rings. The molecule has 0 bridgehead atoms. The zero-order valence-corrected chi connectivity index (χ0v) is 17.5. The zero-order valence-electron chi connectivity index (χ0n) is 17.5. The molecule has 32 heavy (non-hydrogen) atoms. The van der Waals surface area contributed by atoms with Crippen molar-refractivity contribution in [3.63, 3.8) is 0 Å². The molecular formula is C25H22F2N2O3. The first-order valence-electron chi connectivity index (χ1n) is 10.2. The topological polar surface area (TPSA) is 51.1 Å². The van der Waals surface area contributed by atoms with E-state index < -0.39 is 5.82 Å². The Morgan fingerprint density at radius 2 is 1.78 bits per heavy atom. The third kappa shape index (κ3) is 5.11. The SMILES string of the molecule is COc1ccc(C2=NOC(CN(Cc3cccc(F)c3)C(=O)c3cccc(F)c3)C2)cc1. The number of carbonyl (C=O) groups excluding carboxylic acids is 1. The van der Waals surface area contributed by atoms with Crippen LogP contribution in [0.4, 0.5) is 8.78 Å². The Morgan fingerprint density at radius 3 is 2.47 bits per heavy atom. The number of benzene rings is 3. The molecule has 1 aliphatic heterocycles. The van der Waals surface area contributed by atoms with Crippen LogP contribution in [0.1, 0.15) is 27.9 Å². The van der Waals surface area contributed by atoms with Crippen LogP contribution < -0.4 is 4.74 Å². The molecule has 164 valence electrons. The molecule has 1 unspecified atom stereocenters. The third-order valence-corrected chi connectivity index (χ3v) is 5.20. The van der Waals surface area contributed by atoms with Gasteiger partial charge in [-0.1, -0.05) is 23.4 Å². The first-order valence-corrected chi connectivity index (χ1v) is 10.2. The van der Waals surface area contributed by atoms with E-state index in [1.54, 1.807) is 25.3 Å². The summed E-state index contributed by atoms with van der Waals surface area (Å²) in [5.41, 5.74) is 2.52. The highest BCUT2D eigenvalue weighted by atomic mass is 19.1. The molecule has 0 aromatic heterocycles. The molecule has 5 nitrogen and oxygen atoms in total. The van der Waals surface area contributed by atoms with Gasteiger partial charge in [0.05, 0.1) is 19.4 Å². The molecule has 1 aliphatic rings. The maximum atomic E-state index is 13.7. The zero-order chi connectivity index (χ0) is 22.5. The summed E-state index contributed by atoms with van der Waals surface area (Å²) in [5, 5.41) is 4.18. The molecule has 0 radical (unpaired) electrons. The fourth-order valence-electron chi connectivity index (χ4n) is 3.61. The monoisotopic (exact) mass is 436 g/mol. The molecule has 1 heterocycles. The van der Waals surface area contributed by atoms with Crippen LogP contribution in [0, 0.1) is 11.6 Å². The molecule has 0 fully saturated rings. The third-order valence-electron chi connectivity index (χ3n) is 5.20. The van der Waals surface area contributed by atoms with Crippen LogP contribution in [0.25, 0.3) is 0 Å². The van der Waals surface area contributed by atoms with E-state index in [0.29, 0.717) is 12.0 Å². The van der Waals surface area contributed by atoms with Gasteiger partial charge in [-0.05, 0) is 65.7 Å². The van der Waals surface area contributed by atoms with E-state index in [0.717, 1.165) is 17.0 Å². The Kier molecular flexibility index (Phi) is 6.44. The van der Waals surface area contributed by atoms with Crippen LogP contribution in [0.15, 0.2) is 78.0 Å². The summed E-state index contributed by atoms with van der Waals surface area (Å²) >= 11 is 0. The van der Waals surface area contributed by atoms with Crippen LogP contribution in [0.5, 0.6) is 5.75 Å². The second kappa shape index (κ2) is 9.60. The summed E-state index contributed by atoms with van der Waals surface area (Å²) < 4.78 is 32.6. The van der Waals surface area contributed by atoms with Crippen molar-refractivity contribution in [3.05, 3.63) is 101 Å². The van der Waals surface area contributed by atoms with Crippen molar-refractivity contribution in [2.45, 2.75) is 19.1 Å². The summed E-state index contributed by atoms with van der Waals surface area (Å²) in [6.45, 7) is 0.375. The number of methoxy groups -OCH3 is 1. The van der Waals surface area contributed by atoms with Gasteiger partial charge in [-0.2, -0.15) is 0 Å². The lowest BCUT2D eigenvalue weighted by Crippen LogP contribution is -2.37. The van der Waals surface area contributed by atoms with Gasteiger partial charge in [0.25, 0.3) is 5.91 Å². The van der Waals surface area contributed by atoms with Crippen LogP contribution >= 0.6 is 0 Å². The minimum atomic E-state index is -0.496. The standard InChI is InChI=1S/C25H22F2N2O3/c1-31-22-10-8-18(9-11-22)24-14-23(32-28-24)16-29(15-17-4-2-6-20(26)12-17)25(30)19-5-3-7-21(27)13-19/h2-13,23H,14-16H2,1H3. The van der Waals surface area contributed by atoms with Crippen LogP contribution in [0.3, 0.4) is 0 Å². The highest BCUT2D eigenvalue weighted by Gasteiger charge is 2.27. The second-order valence-corrected chi connectivity index (χ2v) is 7.52. The molecule has 3 aromatic carbocycles. The quantitative estimate of drug-likeness (QED) is 0.534. The fraction of sp³-hybridized carbons (Fsp3) is 0.200. The molecule has 0 saturated carbocycles. The maximum Gasteiger partial charge on any atom is 0.254 e. The number of hydrogen-bond acceptors (Lipinski definition) is 4. The van der Waals surface area contributed by atoms with Crippen molar-refractivity contribution in [2.75, 3.05) is 13.7 Å². The van der Waals surface area contributed by atoms with E-state index in [4.69, 9.17) is 9.57 Å². The summed E-state index contributed by atoms with van der Waals surface area (Å²) in [5.74, 6) is -0.506. The average molecular weight is 436 g/mol. The van der Waals surface area contributed by atoms with Crippen molar-refractivity contribution in [1.82, 2.24) is 4.90 Å². The van der Waals surface area contributed by atoms with Gasteiger partial charge in [0.1, 0.15) is 17.4 Å². The van der Waals surface area contributed by atoms with Crippen molar-refractivity contribution in [3.8, 4) is 5.75 Å². The molecule has 0 N–H and O–H groups in total. The number of halogens is 2. The van der Waals surface area contributed by atoms with E-state index in [-0.39, 0.29) is 36.5 Å². The molecule has 1 amide bonds. The molecule has 1 atom stereocenters. The van der Waals surface area contributed by atoms with Crippen molar-refractivity contribution in [1.29, 1.82) is 0 Å². The van der Waals surface area contributed by atoms with Gasteiger partial charge in [0, 0.05) is 18.5 Å². The van der Waals surface area contributed by atoms with Gasteiger partial charge < -0.3 is 14.5 Å². The predicted molar refractivity (Wildman–Crippen MR) is 117 cm³/mol. The molecule has 4 rings (SSSR count). The fourth-order valence-corrected chi connectivity index (χ4v) is 3.61. The lowest BCUT2D eigenvalue weighted by molar-refractivity contribution is 0.0404. The average Bonchev–Trinajstić information content (AvgIpc) is 3.27. The maximum absolute atomic E-state index is 13.7. The lowest BCUT2D eigenvalue weighted by Gasteiger charge is -2.25. The first kappa shape index (κ1) is 21.5. The Labute approximate surface area is 184 Å². The smallest absolute Gasteiger partial charge is 0.254 e. The minimum absolute atomic E-state index is 0.158. The normalized spacial score (nSPS) is 15.1. The molecule has 7 heteroatoms. The number of ether oxygens (including phenoxy) is 1. The highest BCUT2D eigenvalue weighted by molar-refractivity contribution is 6.01. The van der Waals surface area contributed by atoms with Gasteiger partial charge >= 0.3 is 0 Å². The van der Waals surface area contributed by atoms with Crippen molar-refractivity contribution >= 4 is 11.6 Å². The summed E-state index contributed by atoms with van der Waals surface area (Å²) in [6, 6.07) is 19.0. The Morgan fingerprint density at radius 1 is 1.06 bits per heavy atom.